The van der Waals surface area contributed by atoms with E-state index in [0.717, 1.165) is 22.3 Å². The van der Waals surface area contributed by atoms with E-state index in [2.05, 4.69) is 15.2 Å². The van der Waals surface area contributed by atoms with Crippen molar-refractivity contribution in [3.63, 3.8) is 0 Å². The second kappa shape index (κ2) is 8.18. The van der Waals surface area contributed by atoms with E-state index in [1.165, 1.54) is 21.3 Å². The van der Waals surface area contributed by atoms with Crippen LogP contribution in [0.5, 0.6) is 0 Å². The van der Waals surface area contributed by atoms with Crippen molar-refractivity contribution in [1.82, 2.24) is 24.4 Å². The molecule has 0 unspecified atom stereocenters. The van der Waals surface area contributed by atoms with Crippen molar-refractivity contribution in [2.45, 2.75) is 6.54 Å². The van der Waals surface area contributed by atoms with Crippen LogP contribution in [0.3, 0.4) is 0 Å². The summed E-state index contributed by atoms with van der Waals surface area (Å²) in [6.07, 6.45) is 4.98. The zero-order valence-corrected chi connectivity index (χ0v) is 17.9. The molecule has 0 radical (unpaired) electrons. The SMILES string of the molecule is O=c1n(Cc2ccc(F)c(Cl)c2)nc2c(-c3ccncc3)c(-c3ccc(Cl)cc3)cnn12. The molecule has 158 valence electrons. The van der Waals surface area contributed by atoms with Crippen molar-refractivity contribution >= 4 is 28.8 Å². The predicted octanol–water partition coefficient (Wildman–Crippen LogP) is 5.11. The maximum absolute atomic E-state index is 13.5. The quantitative estimate of drug-likeness (QED) is 0.369. The van der Waals surface area contributed by atoms with Crippen molar-refractivity contribution in [1.29, 1.82) is 0 Å². The summed E-state index contributed by atoms with van der Waals surface area (Å²) in [4.78, 5) is 17.1. The summed E-state index contributed by atoms with van der Waals surface area (Å²) >= 11 is 11.9. The number of fused-ring (bicyclic) bond motifs is 1. The van der Waals surface area contributed by atoms with E-state index in [1.54, 1.807) is 36.8 Å². The Balaban J connectivity index is 1.72. The molecule has 0 atom stereocenters. The van der Waals surface area contributed by atoms with E-state index in [0.29, 0.717) is 16.2 Å². The lowest BCUT2D eigenvalue weighted by Crippen LogP contribution is -2.23. The molecule has 0 N–H and O–H groups in total. The maximum atomic E-state index is 13.5. The van der Waals surface area contributed by atoms with Gasteiger partial charge in [-0.1, -0.05) is 41.4 Å². The van der Waals surface area contributed by atoms with Gasteiger partial charge in [-0.2, -0.15) is 9.61 Å². The standard InChI is InChI=1S/C23H14Cl2FN5O/c24-17-4-2-15(3-5-17)18-12-28-31-22(21(18)16-7-9-27-10-8-16)29-30(23(31)32)13-14-1-6-20(26)19(25)11-14/h1-12H,13H2. The first-order chi connectivity index (χ1) is 15.5. The molecule has 3 heterocycles. The van der Waals surface area contributed by atoms with Crippen LogP contribution < -0.4 is 5.69 Å². The molecule has 0 amide bonds. The number of aromatic nitrogens is 5. The van der Waals surface area contributed by atoms with E-state index in [9.17, 15) is 9.18 Å². The lowest BCUT2D eigenvalue weighted by Gasteiger charge is -2.10. The summed E-state index contributed by atoms with van der Waals surface area (Å²) in [6, 6.07) is 15.3. The number of nitrogens with zero attached hydrogens (tertiary/aromatic N) is 5. The molecular formula is C23H14Cl2FN5O. The Hall–Kier alpha value is -3.55. The van der Waals surface area contributed by atoms with E-state index < -0.39 is 11.5 Å². The Kier molecular flexibility index (Phi) is 5.20. The normalized spacial score (nSPS) is 11.2. The Morgan fingerprint density at radius 2 is 1.69 bits per heavy atom. The van der Waals surface area contributed by atoms with E-state index in [-0.39, 0.29) is 11.6 Å². The fourth-order valence-corrected chi connectivity index (χ4v) is 3.85. The second-order valence-corrected chi connectivity index (χ2v) is 7.94. The van der Waals surface area contributed by atoms with Crippen LogP contribution >= 0.6 is 23.2 Å². The molecule has 0 aliphatic carbocycles. The Morgan fingerprint density at radius 3 is 2.41 bits per heavy atom. The highest BCUT2D eigenvalue weighted by Crippen LogP contribution is 2.34. The molecule has 0 spiro atoms. The number of rotatable bonds is 4. The molecule has 9 heteroatoms. The molecule has 0 bridgehead atoms. The van der Waals surface area contributed by atoms with Crippen molar-refractivity contribution in [3.05, 3.63) is 105 Å². The van der Waals surface area contributed by atoms with Gasteiger partial charge in [0.2, 0.25) is 0 Å². The third-order valence-corrected chi connectivity index (χ3v) is 5.60. The molecule has 0 fully saturated rings. The van der Waals surface area contributed by atoms with Gasteiger partial charge in [-0.3, -0.25) is 4.98 Å². The number of halogens is 3. The monoisotopic (exact) mass is 465 g/mol. The van der Waals surface area contributed by atoms with Gasteiger partial charge in [0, 0.05) is 28.5 Å². The summed E-state index contributed by atoms with van der Waals surface area (Å²) in [5.41, 5.74) is 3.86. The highest BCUT2D eigenvalue weighted by atomic mass is 35.5. The van der Waals surface area contributed by atoms with Crippen LogP contribution in [0.4, 0.5) is 4.39 Å². The molecule has 32 heavy (non-hydrogen) atoms. The molecule has 0 aliphatic heterocycles. The van der Waals surface area contributed by atoms with Crippen LogP contribution in [0.1, 0.15) is 5.56 Å². The minimum Gasteiger partial charge on any atom is -0.265 e. The molecule has 0 saturated carbocycles. The molecule has 5 aromatic rings. The summed E-state index contributed by atoms with van der Waals surface area (Å²) in [5, 5.41) is 9.51. The summed E-state index contributed by atoms with van der Waals surface area (Å²) in [6.45, 7) is 0.119. The molecule has 2 aromatic carbocycles. The van der Waals surface area contributed by atoms with Gasteiger partial charge in [0.1, 0.15) is 5.82 Å². The fraction of sp³-hybridized carbons (Fsp3) is 0.0435. The third-order valence-electron chi connectivity index (χ3n) is 5.05. The van der Waals surface area contributed by atoms with Gasteiger partial charge in [-0.15, -0.1) is 5.10 Å². The van der Waals surface area contributed by atoms with Gasteiger partial charge < -0.3 is 0 Å². The van der Waals surface area contributed by atoms with Crippen molar-refractivity contribution in [2.75, 3.05) is 0 Å². The van der Waals surface area contributed by atoms with Gasteiger partial charge in [0.15, 0.2) is 5.65 Å². The number of hydrogen-bond donors (Lipinski definition) is 0. The van der Waals surface area contributed by atoms with Gasteiger partial charge >= 0.3 is 5.69 Å². The van der Waals surface area contributed by atoms with Crippen LogP contribution in [0.15, 0.2) is 78.0 Å². The number of hydrogen-bond acceptors (Lipinski definition) is 4. The Labute approximate surface area is 191 Å². The van der Waals surface area contributed by atoms with Crippen LogP contribution in [-0.4, -0.2) is 24.4 Å². The third kappa shape index (κ3) is 3.66. The first kappa shape index (κ1) is 20.4. The van der Waals surface area contributed by atoms with Gasteiger partial charge in [0.25, 0.3) is 0 Å². The molecule has 0 saturated heterocycles. The molecule has 5 rings (SSSR count). The molecular weight excluding hydrogens is 452 g/mol. The smallest absolute Gasteiger partial charge is 0.265 e. The van der Waals surface area contributed by atoms with Gasteiger partial charge in [-0.25, -0.2) is 13.9 Å². The van der Waals surface area contributed by atoms with Crippen LogP contribution in [0.25, 0.3) is 27.9 Å². The topological polar surface area (TPSA) is 65.1 Å². The van der Waals surface area contributed by atoms with Crippen LogP contribution in [0.2, 0.25) is 10.0 Å². The fourth-order valence-electron chi connectivity index (χ4n) is 3.53. The average Bonchev–Trinajstić information content (AvgIpc) is 3.12. The maximum Gasteiger partial charge on any atom is 0.367 e. The van der Waals surface area contributed by atoms with Crippen LogP contribution in [-0.2, 0) is 6.54 Å². The highest BCUT2D eigenvalue weighted by Gasteiger charge is 2.19. The largest absolute Gasteiger partial charge is 0.367 e. The van der Waals surface area contributed by atoms with Gasteiger partial charge in [-0.05, 0) is 53.1 Å². The first-order valence-corrected chi connectivity index (χ1v) is 10.4. The molecule has 3 aromatic heterocycles. The average molecular weight is 466 g/mol. The minimum atomic E-state index is -0.521. The number of pyridine rings is 1. The highest BCUT2D eigenvalue weighted by molar-refractivity contribution is 6.31. The van der Waals surface area contributed by atoms with Crippen LogP contribution in [0, 0.1) is 5.82 Å². The second-order valence-electron chi connectivity index (χ2n) is 7.10. The minimum absolute atomic E-state index is 0.0139. The van der Waals surface area contributed by atoms with E-state index in [4.69, 9.17) is 23.2 Å². The lowest BCUT2D eigenvalue weighted by molar-refractivity contribution is 0.622. The van der Waals surface area contributed by atoms with Crippen molar-refractivity contribution in [2.24, 2.45) is 0 Å². The molecule has 6 nitrogen and oxygen atoms in total. The summed E-state index contributed by atoms with van der Waals surface area (Å²) in [7, 11) is 0. The van der Waals surface area contributed by atoms with Gasteiger partial charge in [0.05, 0.1) is 17.8 Å². The van der Waals surface area contributed by atoms with Crippen molar-refractivity contribution in [3.8, 4) is 22.3 Å². The predicted molar refractivity (Wildman–Crippen MR) is 121 cm³/mol. The Bertz CT molecular complexity index is 1500. The molecule has 0 aliphatic rings. The van der Waals surface area contributed by atoms with E-state index in [1.807, 2.05) is 24.3 Å². The van der Waals surface area contributed by atoms with E-state index >= 15 is 0 Å². The number of benzene rings is 2. The zero-order chi connectivity index (χ0) is 22.2. The zero-order valence-electron chi connectivity index (χ0n) is 16.4. The summed E-state index contributed by atoms with van der Waals surface area (Å²) < 4.78 is 16.0. The van der Waals surface area contributed by atoms with Crippen molar-refractivity contribution < 1.29 is 4.39 Å². The lowest BCUT2D eigenvalue weighted by atomic mass is 9.98. The summed E-state index contributed by atoms with van der Waals surface area (Å²) in [5.74, 6) is -0.521. The first-order valence-electron chi connectivity index (χ1n) is 9.60. The Morgan fingerprint density at radius 1 is 0.938 bits per heavy atom.